The number of nitrogens with two attached hydrogens (primary N) is 1. The van der Waals surface area contributed by atoms with Crippen molar-refractivity contribution >= 4 is 39.2 Å². The average Bonchev–Trinajstić information content (AvgIpc) is 3.17. The minimum Gasteiger partial charge on any atom is -0.335 e. The summed E-state index contributed by atoms with van der Waals surface area (Å²) in [6.45, 7) is 5.39. The second-order valence-electron chi connectivity index (χ2n) is 7.90. The molecule has 2 aromatic heterocycles. The number of thioether (sulfide) groups is 1. The molecule has 0 fully saturated rings. The molecule has 0 saturated heterocycles. The summed E-state index contributed by atoms with van der Waals surface area (Å²) in [6, 6.07) is 15.0. The number of nitrogens with one attached hydrogen (secondary N) is 2. The molecule has 4 N–H and O–H groups in total. The van der Waals surface area contributed by atoms with Gasteiger partial charge in [0.05, 0.1) is 10.6 Å². The molecule has 0 spiro atoms. The maximum absolute atomic E-state index is 12.7. The van der Waals surface area contributed by atoms with Gasteiger partial charge in [-0.1, -0.05) is 36.0 Å². The van der Waals surface area contributed by atoms with E-state index in [1.165, 1.54) is 28.9 Å². The fourth-order valence-corrected chi connectivity index (χ4v) is 5.04. The summed E-state index contributed by atoms with van der Waals surface area (Å²) in [7, 11) is -3.86. The van der Waals surface area contributed by atoms with Crippen molar-refractivity contribution in [1.82, 2.24) is 24.8 Å². The number of benzene rings is 2. The summed E-state index contributed by atoms with van der Waals surface area (Å²) >= 11 is 1.14. The number of sulfonamides is 1. The summed E-state index contributed by atoms with van der Waals surface area (Å²) in [5.41, 5.74) is 2.96. The van der Waals surface area contributed by atoms with Crippen LogP contribution in [0.4, 0.5) is 11.5 Å². The average molecular weight is 525 g/mol. The van der Waals surface area contributed by atoms with Crippen molar-refractivity contribution in [2.45, 2.75) is 30.8 Å². The molecule has 0 aliphatic carbocycles. The molecule has 0 unspecified atom stereocenters. The van der Waals surface area contributed by atoms with Crippen LogP contribution in [0.3, 0.4) is 0 Å². The third-order valence-electron chi connectivity index (χ3n) is 5.04. The number of hydrogen-bond acceptors (Lipinski definition) is 9. The second kappa shape index (κ2) is 10.3. The lowest BCUT2D eigenvalue weighted by Gasteiger charge is -2.10. The highest BCUT2D eigenvalue weighted by Gasteiger charge is 2.17. The van der Waals surface area contributed by atoms with Gasteiger partial charge in [0.2, 0.25) is 11.1 Å². The Morgan fingerprint density at radius 2 is 1.75 bits per heavy atom. The Labute approximate surface area is 212 Å². The Bertz CT molecular complexity index is 1500. The Kier molecular flexibility index (Phi) is 7.22. The van der Waals surface area contributed by atoms with Gasteiger partial charge in [0.25, 0.3) is 10.0 Å². The van der Waals surface area contributed by atoms with Crippen LogP contribution in [0.15, 0.2) is 64.6 Å². The predicted molar refractivity (Wildman–Crippen MR) is 138 cm³/mol. The van der Waals surface area contributed by atoms with E-state index in [-0.39, 0.29) is 22.4 Å². The van der Waals surface area contributed by atoms with E-state index in [2.05, 4.69) is 30.2 Å². The SMILES string of the molecule is Cc1cc(NS(=O)(=O)c2ccc(NC(=O)CSc3nnc(-c4ccccc4C)n3N)cc2)nc(C)n1. The van der Waals surface area contributed by atoms with Crippen LogP contribution in [0.5, 0.6) is 0 Å². The maximum Gasteiger partial charge on any atom is 0.263 e. The normalized spacial score (nSPS) is 11.3. The van der Waals surface area contributed by atoms with Gasteiger partial charge >= 0.3 is 0 Å². The number of nitrogens with zero attached hydrogens (tertiary/aromatic N) is 5. The molecule has 11 nitrogen and oxygen atoms in total. The molecule has 0 aliphatic heterocycles. The number of hydrogen-bond donors (Lipinski definition) is 3. The third-order valence-corrected chi connectivity index (χ3v) is 7.35. The van der Waals surface area contributed by atoms with Crippen molar-refractivity contribution in [3.8, 4) is 11.4 Å². The van der Waals surface area contributed by atoms with E-state index in [0.29, 0.717) is 28.2 Å². The first-order valence-corrected chi connectivity index (χ1v) is 13.2. The molecular formula is C23H24N8O3S2. The number of aryl methyl sites for hydroxylation is 3. The van der Waals surface area contributed by atoms with Gasteiger partial charge < -0.3 is 11.2 Å². The second-order valence-corrected chi connectivity index (χ2v) is 10.5. The van der Waals surface area contributed by atoms with Crippen molar-refractivity contribution in [1.29, 1.82) is 0 Å². The number of amides is 1. The molecule has 2 heterocycles. The first-order chi connectivity index (χ1) is 17.1. The molecule has 0 saturated carbocycles. The van der Waals surface area contributed by atoms with E-state index >= 15 is 0 Å². The van der Waals surface area contributed by atoms with Gasteiger partial charge in [-0.15, -0.1) is 10.2 Å². The van der Waals surface area contributed by atoms with Crippen molar-refractivity contribution < 1.29 is 13.2 Å². The zero-order valence-electron chi connectivity index (χ0n) is 19.8. The minimum atomic E-state index is -3.86. The van der Waals surface area contributed by atoms with Crippen LogP contribution in [0.1, 0.15) is 17.1 Å². The van der Waals surface area contributed by atoms with Gasteiger partial charge in [-0.25, -0.2) is 23.1 Å². The monoisotopic (exact) mass is 524 g/mol. The molecule has 36 heavy (non-hydrogen) atoms. The Balaban J connectivity index is 1.36. The molecule has 0 aliphatic rings. The van der Waals surface area contributed by atoms with Crippen molar-refractivity contribution in [3.05, 3.63) is 71.7 Å². The number of carbonyl (C=O) groups is 1. The van der Waals surface area contributed by atoms with E-state index < -0.39 is 10.0 Å². The Morgan fingerprint density at radius 1 is 1.03 bits per heavy atom. The zero-order chi connectivity index (χ0) is 25.9. The van der Waals surface area contributed by atoms with Gasteiger partial charge in [-0.3, -0.25) is 9.52 Å². The van der Waals surface area contributed by atoms with Crippen LogP contribution in [0.2, 0.25) is 0 Å². The Morgan fingerprint density at radius 3 is 2.44 bits per heavy atom. The molecule has 13 heteroatoms. The first kappa shape index (κ1) is 25.1. The zero-order valence-corrected chi connectivity index (χ0v) is 21.4. The molecule has 2 aromatic carbocycles. The van der Waals surface area contributed by atoms with Crippen LogP contribution in [0.25, 0.3) is 11.4 Å². The van der Waals surface area contributed by atoms with Gasteiger partial charge in [-0.05, 0) is 50.6 Å². The lowest BCUT2D eigenvalue weighted by molar-refractivity contribution is -0.113. The maximum atomic E-state index is 12.7. The summed E-state index contributed by atoms with van der Waals surface area (Å²) < 4.78 is 29.2. The topological polar surface area (TPSA) is 158 Å². The molecule has 0 bridgehead atoms. The molecule has 4 rings (SSSR count). The first-order valence-electron chi connectivity index (χ1n) is 10.8. The van der Waals surface area contributed by atoms with Crippen LogP contribution in [-0.4, -0.2) is 44.9 Å². The standard InChI is InChI=1S/C23H24N8O3S2/c1-14-6-4-5-7-19(14)22-28-29-23(31(22)24)35-13-21(32)27-17-8-10-18(11-9-17)36(33,34)30-20-12-15(2)25-16(3)26-20/h4-12H,13,24H2,1-3H3,(H,27,32)(H,25,26,30). The number of carbonyl (C=O) groups excluding carboxylic acids is 1. The summed E-state index contributed by atoms with van der Waals surface area (Å²) in [4.78, 5) is 20.7. The van der Waals surface area contributed by atoms with Crippen molar-refractivity contribution in [2.24, 2.45) is 0 Å². The lowest BCUT2D eigenvalue weighted by atomic mass is 10.1. The Hall–Kier alpha value is -3.97. The number of nitrogen functional groups attached to an aromatic ring is 1. The highest BCUT2D eigenvalue weighted by molar-refractivity contribution is 7.99. The molecule has 0 atom stereocenters. The van der Waals surface area contributed by atoms with Crippen LogP contribution < -0.4 is 15.9 Å². The van der Waals surface area contributed by atoms with Crippen LogP contribution in [-0.2, 0) is 14.8 Å². The largest absolute Gasteiger partial charge is 0.335 e. The van der Waals surface area contributed by atoms with Crippen molar-refractivity contribution in [2.75, 3.05) is 21.6 Å². The quantitative estimate of drug-likeness (QED) is 0.233. The fraction of sp³-hybridized carbons (Fsp3) is 0.174. The molecule has 1 amide bonds. The third kappa shape index (κ3) is 5.80. The van der Waals surface area contributed by atoms with E-state index in [4.69, 9.17) is 5.84 Å². The van der Waals surface area contributed by atoms with Gasteiger partial charge in [-0.2, -0.15) is 0 Å². The van der Waals surface area contributed by atoms with Gasteiger partial charge in [0, 0.05) is 23.0 Å². The summed E-state index contributed by atoms with van der Waals surface area (Å²) in [5.74, 6) is 7.03. The number of rotatable bonds is 8. The van der Waals surface area contributed by atoms with Crippen LogP contribution >= 0.6 is 11.8 Å². The van der Waals surface area contributed by atoms with E-state index in [0.717, 1.165) is 22.9 Å². The number of aromatic nitrogens is 5. The van der Waals surface area contributed by atoms with E-state index in [1.807, 2.05) is 31.2 Å². The van der Waals surface area contributed by atoms with E-state index in [1.54, 1.807) is 19.9 Å². The fourth-order valence-electron chi connectivity index (χ4n) is 3.39. The van der Waals surface area contributed by atoms with Crippen molar-refractivity contribution in [3.63, 3.8) is 0 Å². The highest BCUT2D eigenvalue weighted by Crippen LogP contribution is 2.24. The molecule has 4 aromatic rings. The minimum absolute atomic E-state index is 0.0313. The summed E-state index contributed by atoms with van der Waals surface area (Å²) in [6.07, 6.45) is 0. The molecule has 0 radical (unpaired) electrons. The molecular weight excluding hydrogens is 500 g/mol. The highest BCUT2D eigenvalue weighted by atomic mass is 32.2. The van der Waals surface area contributed by atoms with Gasteiger partial charge in [0.15, 0.2) is 5.82 Å². The lowest BCUT2D eigenvalue weighted by Crippen LogP contribution is -2.17. The smallest absolute Gasteiger partial charge is 0.263 e. The van der Waals surface area contributed by atoms with E-state index in [9.17, 15) is 13.2 Å². The molecule has 186 valence electrons. The number of anilines is 2. The van der Waals surface area contributed by atoms with Gasteiger partial charge in [0.1, 0.15) is 11.6 Å². The van der Waals surface area contributed by atoms with Crippen LogP contribution in [0, 0.1) is 20.8 Å². The predicted octanol–water partition coefficient (Wildman–Crippen LogP) is 2.91. The summed E-state index contributed by atoms with van der Waals surface area (Å²) in [5, 5.41) is 11.4.